The van der Waals surface area contributed by atoms with E-state index >= 15 is 0 Å². The first kappa shape index (κ1) is 33.3. The quantitative estimate of drug-likeness (QED) is 0.168. The maximum atomic E-state index is 14.0. The summed E-state index contributed by atoms with van der Waals surface area (Å²) in [5.41, 5.74) is -0.247. The van der Waals surface area contributed by atoms with Gasteiger partial charge in [0, 0.05) is 17.8 Å². The molecule has 3 aromatic rings. The summed E-state index contributed by atoms with van der Waals surface area (Å²) < 4.78 is 66.9. The minimum absolute atomic E-state index is 0.0469. The minimum Gasteiger partial charge on any atom is -0.495 e. The van der Waals surface area contributed by atoms with Crippen molar-refractivity contribution in [2.75, 3.05) is 45.8 Å². The number of aromatic nitrogens is 2. The predicted molar refractivity (Wildman–Crippen MR) is 160 cm³/mol. The molecule has 2 heterocycles. The van der Waals surface area contributed by atoms with Gasteiger partial charge in [0.15, 0.2) is 6.54 Å². The summed E-state index contributed by atoms with van der Waals surface area (Å²) in [6.07, 6.45) is -2.33. The first-order valence-electron chi connectivity index (χ1n) is 14.3. The molecule has 1 fully saturated rings. The molecule has 1 aromatic heterocycles. The molecule has 2 aromatic carbocycles. The molecule has 0 radical (unpaired) electrons. The van der Waals surface area contributed by atoms with Crippen LogP contribution >= 0.6 is 0 Å². The number of carbonyl (C=O) groups excluding carboxylic acids is 2. The zero-order valence-electron chi connectivity index (χ0n) is 25.2. The van der Waals surface area contributed by atoms with Gasteiger partial charge in [-0.05, 0) is 69.2 Å². The molecule has 14 heteroatoms. The van der Waals surface area contributed by atoms with E-state index in [9.17, 15) is 27.2 Å². The average molecular weight is 632 g/mol. The van der Waals surface area contributed by atoms with Gasteiger partial charge in [0.05, 0.1) is 12.8 Å². The SMILES string of the molecule is C=[N+](CCF)C(=O)c1c(CC)cccc1Oc1nc(Nc2ccc(C(=O)NC3CCN(C)CC3)cc2OC)ncc1C(F)(F)F. The van der Waals surface area contributed by atoms with Crippen LogP contribution in [0, 0.1) is 0 Å². The summed E-state index contributed by atoms with van der Waals surface area (Å²) in [6, 6.07) is 9.09. The molecular weight excluding hydrogens is 596 g/mol. The minimum atomic E-state index is -4.90. The summed E-state index contributed by atoms with van der Waals surface area (Å²) in [5.74, 6) is -2.11. The van der Waals surface area contributed by atoms with Crippen molar-refractivity contribution in [3.05, 3.63) is 64.8 Å². The van der Waals surface area contributed by atoms with Crippen molar-refractivity contribution in [2.45, 2.75) is 38.4 Å². The third-order valence-corrected chi connectivity index (χ3v) is 7.38. The summed E-state index contributed by atoms with van der Waals surface area (Å²) in [4.78, 5) is 36.0. The number of halogens is 4. The molecule has 45 heavy (non-hydrogen) atoms. The van der Waals surface area contributed by atoms with Crippen molar-refractivity contribution in [1.82, 2.24) is 20.2 Å². The lowest BCUT2D eigenvalue weighted by atomic mass is 10.0. The molecule has 2 amide bonds. The molecular formula is C31H35F4N6O4+. The number of aryl methyl sites for hydroxylation is 1. The number of hydrogen-bond acceptors (Lipinski definition) is 8. The van der Waals surface area contributed by atoms with Gasteiger partial charge < -0.3 is 25.0 Å². The van der Waals surface area contributed by atoms with Crippen molar-refractivity contribution in [3.63, 3.8) is 0 Å². The Hall–Kier alpha value is -4.59. The van der Waals surface area contributed by atoms with E-state index in [-0.39, 0.29) is 47.2 Å². The third-order valence-electron chi connectivity index (χ3n) is 7.38. The highest BCUT2D eigenvalue weighted by molar-refractivity contribution is 5.95. The Morgan fingerprint density at radius 2 is 1.89 bits per heavy atom. The van der Waals surface area contributed by atoms with Crippen LogP contribution in [0.5, 0.6) is 17.4 Å². The van der Waals surface area contributed by atoms with Crippen LogP contribution in [0.2, 0.25) is 0 Å². The molecule has 4 rings (SSSR count). The number of nitrogens with one attached hydrogen (secondary N) is 2. The van der Waals surface area contributed by atoms with E-state index in [1.807, 2.05) is 7.05 Å². The number of carbonyl (C=O) groups is 2. The van der Waals surface area contributed by atoms with Crippen LogP contribution in [0.1, 0.15) is 51.6 Å². The first-order chi connectivity index (χ1) is 21.4. The molecule has 1 aliphatic rings. The van der Waals surface area contributed by atoms with Gasteiger partial charge >= 0.3 is 12.1 Å². The lowest BCUT2D eigenvalue weighted by Crippen LogP contribution is -2.43. The van der Waals surface area contributed by atoms with E-state index in [2.05, 4.69) is 32.2 Å². The van der Waals surface area contributed by atoms with E-state index in [0.29, 0.717) is 23.7 Å². The number of hydrogen-bond donors (Lipinski definition) is 2. The van der Waals surface area contributed by atoms with Crippen LogP contribution in [-0.2, 0) is 12.6 Å². The fraction of sp³-hybridized carbons (Fsp3) is 0.387. The smallest absolute Gasteiger partial charge is 0.423 e. The molecule has 0 unspecified atom stereocenters. The monoisotopic (exact) mass is 631 g/mol. The number of ether oxygens (including phenoxy) is 2. The van der Waals surface area contributed by atoms with Gasteiger partial charge in [-0.3, -0.25) is 4.79 Å². The largest absolute Gasteiger partial charge is 0.495 e. The summed E-state index contributed by atoms with van der Waals surface area (Å²) >= 11 is 0. The number of amides is 2. The van der Waals surface area contributed by atoms with Crippen LogP contribution in [0.4, 0.5) is 29.2 Å². The Labute approximate surface area is 258 Å². The highest BCUT2D eigenvalue weighted by Gasteiger charge is 2.37. The second-order valence-corrected chi connectivity index (χ2v) is 10.5. The Morgan fingerprint density at radius 1 is 1.16 bits per heavy atom. The number of likely N-dealkylation sites (tertiary alicyclic amines) is 1. The standard InChI is InChI=1S/C31H34F4N6O4/c1-5-19-7-6-8-24(26(19)29(43)41(3)16-13-32)45-28-22(31(33,34)35)18-36-30(39-28)38-23-10-9-20(17-25(23)44-4)27(42)37-21-11-14-40(2)15-12-21/h6-10,17-18,21H,3,5,11-16H2,1-2,4H3,(H-,36,37,38,39,42)/p+1. The van der Waals surface area contributed by atoms with Crippen molar-refractivity contribution in [2.24, 2.45) is 0 Å². The van der Waals surface area contributed by atoms with E-state index in [1.54, 1.807) is 19.1 Å². The number of anilines is 2. The Kier molecular flexibility index (Phi) is 10.7. The topological polar surface area (TPSA) is 109 Å². The second-order valence-electron chi connectivity index (χ2n) is 10.5. The Balaban J connectivity index is 1.63. The molecule has 10 nitrogen and oxygen atoms in total. The molecule has 0 atom stereocenters. The maximum absolute atomic E-state index is 14.0. The normalized spacial score (nSPS) is 14.1. The lowest BCUT2D eigenvalue weighted by molar-refractivity contribution is -0.420. The highest BCUT2D eigenvalue weighted by atomic mass is 19.4. The van der Waals surface area contributed by atoms with Crippen LogP contribution < -0.4 is 20.1 Å². The highest BCUT2D eigenvalue weighted by Crippen LogP contribution is 2.39. The summed E-state index contributed by atoms with van der Waals surface area (Å²) in [5, 5.41) is 5.84. The zero-order valence-corrected chi connectivity index (χ0v) is 25.2. The number of rotatable bonds is 11. The molecule has 0 spiro atoms. The van der Waals surface area contributed by atoms with Crippen LogP contribution in [0.25, 0.3) is 0 Å². The molecule has 0 bridgehead atoms. The van der Waals surface area contributed by atoms with E-state index in [1.165, 1.54) is 31.4 Å². The van der Waals surface area contributed by atoms with E-state index in [4.69, 9.17) is 9.47 Å². The average Bonchev–Trinajstić information content (AvgIpc) is 3.01. The number of alkyl halides is 4. The van der Waals surface area contributed by atoms with Crippen LogP contribution in [0.15, 0.2) is 42.6 Å². The number of methoxy groups -OCH3 is 1. The number of piperidine rings is 1. The van der Waals surface area contributed by atoms with Gasteiger partial charge in [-0.1, -0.05) is 19.1 Å². The van der Waals surface area contributed by atoms with Gasteiger partial charge in [0.2, 0.25) is 11.8 Å². The molecule has 0 aliphatic carbocycles. The predicted octanol–water partition coefficient (Wildman–Crippen LogP) is 5.25. The summed E-state index contributed by atoms with van der Waals surface area (Å²) in [6.45, 7) is 5.89. The first-order valence-corrected chi connectivity index (χ1v) is 14.3. The number of nitrogens with zero attached hydrogens (tertiary/aromatic N) is 4. The van der Waals surface area contributed by atoms with Gasteiger partial charge in [-0.25, -0.2) is 14.2 Å². The zero-order chi connectivity index (χ0) is 32.7. The lowest BCUT2D eigenvalue weighted by Gasteiger charge is -2.29. The molecule has 0 saturated carbocycles. The van der Waals surface area contributed by atoms with E-state index < -0.39 is 30.2 Å². The molecule has 1 saturated heterocycles. The van der Waals surface area contributed by atoms with Gasteiger partial charge in [-0.2, -0.15) is 22.7 Å². The fourth-order valence-electron chi connectivity index (χ4n) is 4.84. The Bertz CT molecular complexity index is 1560. The van der Waals surface area contributed by atoms with Crippen LogP contribution in [0.3, 0.4) is 0 Å². The molecule has 1 aliphatic heterocycles. The van der Waals surface area contributed by atoms with Gasteiger partial charge in [0.25, 0.3) is 5.91 Å². The van der Waals surface area contributed by atoms with Crippen molar-refractivity contribution in [1.29, 1.82) is 0 Å². The maximum Gasteiger partial charge on any atom is 0.423 e. The Morgan fingerprint density at radius 3 is 2.53 bits per heavy atom. The third kappa shape index (κ3) is 8.12. The van der Waals surface area contributed by atoms with Crippen molar-refractivity contribution < 1.29 is 41.2 Å². The second kappa shape index (κ2) is 14.5. The van der Waals surface area contributed by atoms with Gasteiger partial charge in [0.1, 0.15) is 36.0 Å². The van der Waals surface area contributed by atoms with Gasteiger partial charge in [-0.15, -0.1) is 0 Å². The van der Waals surface area contributed by atoms with Crippen molar-refractivity contribution in [3.8, 4) is 17.4 Å². The molecule has 240 valence electrons. The fourth-order valence-corrected chi connectivity index (χ4v) is 4.84. The van der Waals surface area contributed by atoms with E-state index in [0.717, 1.165) is 30.5 Å². The molecule has 2 N–H and O–H groups in total. The number of benzene rings is 2. The van der Waals surface area contributed by atoms with Crippen molar-refractivity contribution >= 4 is 30.2 Å². The van der Waals surface area contributed by atoms with Crippen LogP contribution in [-0.4, -0.2) is 84.5 Å². The summed E-state index contributed by atoms with van der Waals surface area (Å²) in [7, 11) is 3.41.